The molecule has 0 amide bonds. The molecular formula is C18H28O2. The van der Waals surface area contributed by atoms with Crippen LogP contribution in [0.4, 0.5) is 0 Å². The van der Waals surface area contributed by atoms with Crippen LogP contribution in [0.2, 0.25) is 0 Å². The standard InChI is InChI=1S/C13H18O.C5H10O/c1-5-6-7-12-8-10(2)11(3)9-13(12)14-4;1-2-4-6-5-3-1/h6-9H,5H2,1-4H3;1-5H2. The molecule has 20 heavy (non-hydrogen) atoms. The summed E-state index contributed by atoms with van der Waals surface area (Å²) in [5.74, 6) is 0.956. The van der Waals surface area contributed by atoms with Crippen LogP contribution in [0.25, 0.3) is 6.08 Å². The minimum atomic E-state index is 0.956. The van der Waals surface area contributed by atoms with Crippen LogP contribution in [0, 0.1) is 13.8 Å². The van der Waals surface area contributed by atoms with Crippen molar-refractivity contribution in [3.8, 4) is 5.75 Å². The highest BCUT2D eigenvalue weighted by molar-refractivity contribution is 5.59. The third kappa shape index (κ3) is 5.79. The molecule has 0 N–H and O–H groups in total. The van der Waals surface area contributed by atoms with Gasteiger partial charge >= 0.3 is 0 Å². The Balaban J connectivity index is 0.000000276. The molecule has 1 aliphatic heterocycles. The van der Waals surface area contributed by atoms with Crippen molar-refractivity contribution in [3.63, 3.8) is 0 Å². The molecule has 2 heteroatoms. The quantitative estimate of drug-likeness (QED) is 0.780. The molecule has 1 aromatic rings. The second-order valence-corrected chi connectivity index (χ2v) is 5.16. The van der Waals surface area contributed by atoms with E-state index in [1.807, 2.05) is 0 Å². The summed E-state index contributed by atoms with van der Waals surface area (Å²) in [6, 6.07) is 4.25. The van der Waals surface area contributed by atoms with Gasteiger partial charge in [0.2, 0.25) is 0 Å². The van der Waals surface area contributed by atoms with Gasteiger partial charge in [-0.15, -0.1) is 0 Å². The Labute approximate surface area is 123 Å². The molecule has 1 heterocycles. The molecular weight excluding hydrogens is 248 g/mol. The molecule has 0 bridgehead atoms. The van der Waals surface area contributed by atoms with E-state index >= 15 is 0 Å². The lowest BCUT2D eigenvalue weighted by molar-refractivity contribution is 0.0968. The predicted molar refractivity (Wildman–Crippen MR) is 86.5 cm³/mol. The van der Waals surface area contributed by atoms with Gasteiger partial charge in [-0.3, -0.25) is 0 Å². The van der Waals surface area contributed by atoms with Gasteiger partial charge in [0.25, 0.3) is 0 Å². The molecule has 1 saturated heterocycles. The van der Waals surface area contributed by atoms with Crippen LogP contribution in [-0.2, 0) is 4.74 Å². The van der Waals surface area contributed by atoms with Gasteiger partial charge in [-0.1, -0.05) is 19.1 Å². The topological polar surface area (TPSA) is 18.5 Å². The summed E-state index contributed by atoms with van der Waals surface area (Å²) >= 11 is 0. The van der Waals surface area contributed by atoms with Crippen molar-refractivity contribution in [1.82, 2.24) is 0 Å². The number of hydrogen-bond acceptors (Lipinski definition) is 2. The third-order valence-electron chi connectivity index (χ3n) is 3.46. The Morgan fingerprint density at radius 3 is 2.20 bits per heavy atom. The predicted octanol–water partition coefficient (Wildman–Crippen LogP) is 4.92. The van der Waals surface area contributed by atoms with Gasteiger partial charge in [0.1, 0.15) is 5.75 Å². The molecule has 0 saturated carbocycles. The zero-order chi connectivity index (χ0) is 14.8. The summed E-state index contributed by atoms with van der Waals surface area (Å²) in [4.78, 5) is 0. The Morgan fingerprint density at radius 2 is 1.75 bits per heavy atom. The number of aryl methyl sites for hydroxylation is 2. The second kappa shape index (κ2) is 9.60. The summed E-state index contributed by atoms with van der Waals surface area (Å²) in [6.45, 7) is 8.35. The molecule has 0 spiro atoms. The molecule has 0 aromatic heterocycles. The number of methoxy groups -OCH3 is 1. The van der Waals surface area contributed by atoms with E-state index in [1.54, 1.807) is 7.11 Å². The number of hydrogen-bond donors (Lipinski definition) is 0. The van der Waals surface area contributed by atoms with Crippen molar-refractivity contribution in [2.24, 2.45) is 0 Å². The molecule has 1 aromatic carbocycles. The molecule has 2 rings (SSSR count). The van der Waals surface area contributed by atoms with Crippen molar-refractivity contribution in [1.29, 1.82) is 0 Å². The summed E-state index contributed by atoms with van der Waals surface area (Å²) in [5.41, 5.74) is 3.74. The van der Waals surface area contributed by atoms with E-state index in [4.69, 9.17) is 9.47 Å². The molecule has 0 atom stereocenters. The van der Waals surface area contributed by atoms with Crippen LogP contribution in [0.15, 0.2) is 18.2 Å². The molecule has 0 aliphatic carbocycles. The maximum Gasteiger partial charge on any atom is 0.126 e. The molecule has 0 unspecified atom stereocenters. The van der Waals surface area contributed by atoms with Crippen molar-refractivity contribution in [2.45, 2.75) is 46.5 Å². The lowest BCUT2D eigenvalue weighted by atomic mass is 10.0. The number of ether oxygens (including phenoxy) is 2. The van der Waals surface area contributed by atoms with Crippen LogP contribution in [0.1, 0.15) is 49.3 Å². The SMILES string of the molecule is C1CCOCC1.CCC=Cc1cc(C)c(C)cc1OC. The third-order valence-corrected chi connectivity index (χ3v) is 3.46. The van der Waals surface area contributed by atoms with Crippen molar-refractivity contribution in [2.75, 3.05) is 20.3 Å². The average molecular weight is 276 g/mol. The number of allylic oxidation sites excluding steroid dienone is 1. The van der Waals surface area contributed by atoms with Gasteiger partial charge in [-0.05, 0) is 62.8 Å². The Hall–Kier alpha value is -1.28. The van der Waals surface area contributed by atoms with Gasteiger partial charge in [-0.25, -0.2) is 0 Å². The van der Waals surface area contributed by atoms with Crippen LogP contribution in [0.5, 0.6) is 5.75 Å². The zero-order valence-corrected chi connectivity index (χ0v) is 13.4. The minimum Gasteiger partial charge on any atom is -0.496 e. The normalized spacial score (nSPS) is 14.8. The largest absolute Gasteiger partial charge is 0.496 e. The van der Waals surface area contributed by atoms with Crippen LogP contribution in [-0.4, -0.2) is 20.3 Å². The maximum absolute atomic E-state index is 5.33. The van der Waals surface area contributed by atoms with E-state index in [1.165, 1.54) is 30.4 Å². The zero-order valence-electron chi connectivity index (χ0n) is 13.4. The first-order chi connectivity index (χ1) is 9.69. The monoisotopic (exact) mass is 276 g/mol. The molecule has 2 nitrogen and oxygen atoms in total. The maximum atomic E-state index is 5.33. The first-order valence-electron chi connectivity index (χ1n) is 7.58. The van der Waals surface area contributed by atoms with E-state index in [9.17, 15) is 0 Å². The fourth-order valence-electron chi connectivity index (χ4n) is 2.05. The van der Waals surface area contributed by atoms with E-state index < -0.39 is 0 Å². The lowest BCUT2D eigenvalue weighted by Gasteiger charge is -2.08. The van der Waals surface area contributed by atoms with Gasteiger partial charge in [0.05, 0.1) is 7.11 Å². The van der Waals surface area contributed by atoms with Crippen molar-refractivity contribution in [3.05, 3.63) is 34.9 Å². The molecule has 1 aliphatic rings. The lowest BCUT2D eigenvalue weighted by Crippen LogP contribution is -2.03. The van der Waals surface area contributed by atoms with Crippen LogP contribution >= 0.6 is 0 Å². The van der Waals surface area contributed by atoms with Gasteiger partial charge < -0.3 is 9.47 Å². The Bertz CT molecular complexity index is 406. The van der Waals surface area contributed by atoms with Crippen LogP contribution in [0.3, 0.4) is 0 Å². The number of benzene rings is 1. The first kappa shape index (κ1) is 16.8. The highest BCUT2D eigenvalue weighted by atomic mass is 16.5. The average Bonchev–Trinajstić information content (AvgIpc) is 2.50. The smallest absolute Gasteiger partial charge is 0.126 e. The second-order valence-electron chi connectivity index (χ2n) is 5.16. The Morgan fingerprint density at radius 1 is 1.10 bits per heavy atom. The first-order valence-corrected chi connectivity index (χ1v) is 7.58. The summed E-state index contributed by atoms with van der Waals surface area (Å²) in [6.07, 6.45) is 9.24. The molecule has 1 fully saturated rings. The molecule has 112 valence electrons. The molecule has 0 radical (unpaired) electrons. The van der Waals surface area contributed by atoms with E-state index in [0.29, 0.717) is 0 Å². The highest BCUT2D eigenvalue weighted by Gasteiger charge is 2.02. The van der Waals surface area contributed by atoms with Gasteiger partial charge in [-0.2, -0.15) is 0 Å². The van der Waals surface area contributed by atoms with Crippen molar-refractivity contribution >= 4 is 6.08 Å². The summed E-state index contributed by atoms with van der Waals surface area (Å²) < 4.78 is 10.4. The fourth-order valence-corrected chi connectivity index (χ4v) is 2.05. The van der Waals surface area contributed by atoms with E-state index in [0.717, 1.165) is 30.9 Å². The van der Waals surface area contributed by atoms with Gasteiger partial charge in [0, 0.05) is 18.8 Å². The Kier molecular flexibility index (Phi) is 8.05. The van der Waals surface area contributed by atoms with E-state index in [2.05, 4.69) is 45.1 Å². The fraction of sp³-hybridized carbons (Fsp3) is 0.556. The van der Waals surface area contributed by atoms with Gasteiger partial charge in [0.15, 0.2) is 0 Å². The van der Waals surface area contributed by atoms with Crippen molar-refractivity contribution < 1.29 is 9.47 Å². The highest BCUT2D eigenvalue weighted by Crippen LogP contribution is 2.24. The summed E-state index contributed by atoms with van der Waals surface area (Å²) in [7, 11) is 1.72. The minimum absolute atomic E-state index is 0.956. The van der Waals surface area contributed by atoms with E-state index in [-0.39, 0.29) is 0 Å². The van der Waals surface area contributed by atoms with Crippen LogP contribution < -0.4 is 4.74 Å². The number of rotatable bonds is 3. The summed E-state index contributed by atoms with van der Waals surface area (Å²) in [5, 5.41) is 0.